The van der Waals surface area contributed by atoms with Gasteiger partial charge in [-0.3, -0.25) is 0 Å². The van der Waals surface area contributed by atoms with Gasteiger partial charge in [0.25, 0.3) is 0 Å². The summed E-state index contributed by atoms with van der Waals surface area (Å²) in [6, 6.07) is 5.98. The van der Waals surface area contributed by atoms with Crippen molar-refractivity contribution in [2.75, 3.05) is 13.7 Å². The Labute approximate surface area is 107 Å². The molecule has 0 unspecified atom stereocenters. The molecule has 1 heterocycles. The van der Waals surface area contributed by atoms with E-state index in [-0.39, 0.29) is 0 Å². The summed E-state index contributed by atoms with van der Waals surface area (Å²) < 4.78 is 10.7. The van der Waals surface area contributed by atoms with E-state index in [1.165, 1.54) is 11.1 Å². The highest BCUT2D eigenvalue weighted by Crippen LogP contribution is 2.32. The first-order valence-corrected chi connectivity index (χ1v) is 5.97. The minimum atomic E-state index is 0.566. The SMILES string of the molecule is COc1cc(C)c(C)cc1-c1cc(CCN)no1. The van der Waals surface area contributed by atoms with Gasteiger partial charge >= 0.3 is 0 Å². The number of aromatic nitrogens is 1. The van der Waals surface area contributed by atoms with Gasteiger partial charge < -0.3 is 15.0 Å². The minimum absolute atomic E-state index is 0.566. The van der Waals surface area contributed by atoms with Crippen molar-refractivity contribution >= 4 is 0 Å². The van der Waals surface area contributed by atoms with Crippen molar-refractivity contribution in [1.82, 2.24) is 5.16 Å². The molecule has 4 heteroatoms. The number of aryl methyl sites for hydroxylation is 2. The second-order valence-corrected chi connectivity index (χ2v) is 4.36. The van der Waals surface area contributed by atoms with Gasteiger partial charge in [-0.1, -0.05) is 5.16 Å². The summed E-state index contributed by atoms with van der Waals surface area (Å²) in [5.74, 6) is 1.52. The maximum absolute atomic E-state index is 5.50. The van der Waals surface area contributed by atoms with E-state index in [0.29, 0.717) is 6.54 Å². The summed E-state index contributed by atoms with van der Waals surface area (Å²) in [5.41, 5.74) is 9.69. The summed E-state index contributed by atoms with van der Waals surface area (Å²) in [7, 11) is 1.66. The molecule has 2 rings (SSSR count). The van der Waals surface area contributed by atoms with E-state index in [1.54, 1.807) is 7.11 Å². The van der Waals surface area contributed by atoms with E-state index in [1.807, 2.05) is 12.1 Å². The highest BCUT2D eigenvalue weighted by atomic mass is 16.5. The molecule has 4 nitrogen and oxygen atoms in total. The smallest absolute Gasteiger partial charge is 0.170 e. The number of hydrogen-bond donors (Lipinski definition) is 1. The lowest BCUT2D eigenvalue weighted by Crippen LogP contribution is -2.02. The highest BCUT2D eigenvalue weighted by Gasteiger charge is 2.13. The van der Waals surface area contributed by atoms with Crippen LogP contribution in [-0.4, -0.2) is 18.8 Å². The Balaban J connectivity index is 2.45. The van der Waals surface area contributed by atoms with Crippen LogP contribution in [-0.2, 0) is 6.42 Å². The lowest BCUT2D eigenvalue weighted by molar-refractivity contribution is 0.403. The van der Waals surface area contributed by atoms with Crippen molar-refractivity contribution in [1.29, 1.82) is 0 Å². The van der Waals surface area contributed by atoms with Gasteiger partial charge in [-0.2, -0.15) is 0 Å². The van der Waals surface area contributed by atoms with Crippen LogP contribution < -0.4 is 10.5 Å². The van der Waals surface area contributed by atoms with Crippen LogP contribution in [0.5, 0.6) is 5.75 Å². The van der Waals surface area contributed by atoms with Crippen molar-refractivity contribution in [3.05, 3.63) is 35.0 Å². The molecule has 2 aromatic rings. The predicted octanol–water partition coefficient (Wildman–Crippen LogP) is 2.47. The third-order valence-electron chi connectivity index (χ3n) is 3.04. The van der Waals surface area contributed by atoms with E-state index < -0.39 is 0 Å². The zero-order chi connectivity index (χ0) is 13.1. The van der Waals surface area contributed by atoms with Crippen LogP contribution >= 0.6 is 0 Å². The Morgan fingerprint density at radius 1 is 1.22 bits per heavy atom. The third kappa shape index (κ3) is 2.38. The van der Waals surface area contributed by atoms with Crippen molar-refractivity contribution < 1.29 is 9.26 Å². The summed E-state index contributed by atoms with van der Waals surface area (Å²) in [4.78, 5) is 0. The lowest BCUT2D eigenvalue weighted by atomic mass is 10.0. The normalized spacial score (nSPS) is 10.7. The average molecular weight is 246 g/mol. The molecule has 0 saturated carbocycles. The molecule has 2 N–H and O–H groups in total. The van der Waals surface area contributed by atoms with Gasteiger partial charge in [-0.15, -0.1) is 0 Å². The molecule has 0 spiro atoms. The quantitative estimate of drug-likeness (QED) is 0.900. The molecule has 0 saturated heterocycles. The van der Waals surface area contributed by atoms with E-state index in [9.17, 15) is 0 Å². The summed E-state index contributed by atoms with van der Waals surface area (Å²) >= 11 is 0. The molecule has 1 aromatic heterocycles. The van der Waals surface area contributed by atoms with Crippen molar-refractivity contribution in [3.63, 3.8) is 0 Å². The minimum Gasteiger partial charge on any atom is -0.496 e. The van der Waals surface area contributed by atoms with Crippen molar-refractivity contribution in [3.8, 4) is 17.1 Å². The number of benzene rings is 1. The van der Waals surface area contributed by atoms with Gasteiger partial charge in [-0.25, -0.2) is 0 Å². The fourth-order valence-electron chi connectivity index (χ4n) is 1.86. The molecule has 0 amide bonds. The Bertz CT molecular complexity index is 547. The molecular formula is C14H18N2O2. The summed E-state index contributed by atoms with van der Waals surface area (Å²) in [6.45, 7) is 4.69. The van der Waals surface area contributed by atoms with Crippen molar-refractivity contribution in [2.45, 2.75) is 20.3 Å². The standard InChI is InChI=1S/C14H18N2O2/c1-9-6-12(13(17-3)7-10(9)2)14-8-11(4-5-15)16-18-14/h6-8H,4-5,15H2,1-3H3. The molecule has 0 aliphatic rings. The topological polar surface area (TPSA) is 61.3 Å². The van der Waals surface area contributed by atoms with Crippen LogP contribution in [0.15, 0.2) is 22.7 Å². The van der Waals surface area contributed by atoms with E-state index >= 15 is 0 Å². The molecule has 0 radical (unpaired) electrons. The molecule has 1 aromatic carbocycles. The maximum Gasteiger partial charge on any atom is 0.170 e. The Morgan fingerprint density at radius 2 is 1.94 bits per heavy atom. The fourth-order valence-corrected chi connectivity index (χ4v) is 1.86. The van der Waals surface area contributed by atoms with Gasteiger partial charge in [0.15, 0.2) is 5.76 Å². The van der Waals surface area contributed by atoms with Crippen LogP contribution in [0.1, 0.15) is 16.8 Å². The Kier molecular flexibility index (Phi) is 3.67. The number of ether oxygens (including phenoxy) is 1. The summed E-state index contributed by atoms with van der Waals surface area (Å²) in [6.07, 6.45) is 0.719. The van der Waals surface area contributed by atoms with Gasteiger partial charge in [0.1, 0.15) is 5.75 Å². The van der Waals surface area contributed by atoms with Crippen LogP contribution in [0.25, 0.3) is 11.3 Å². The largest absolute Gasteiger partial charge is 0.496 e. The van der Waals surface area contributed by atoms with Gasteiger partial charge in [0.2, 0.25) is 0 Å². The average Bonchev–Trinajstić information content (AvgIpc) is 2.81. The predicted molar refractivity (Wildman–Crippen MR) is 70.7 cm³/mol. The molecule has 0 aliphatic heterocycles. The number of hydrogen-bond acceptors (Lipinski definition) is 4. The molecule has 96 valence electrons. The Morgan fingerprint density at radius 3 is 2.61 bits per heavy atom. The third-order valence-corrected chi connectivity index (χ3v) is 3.04. The zero-order valence-electron chi connectivity index (χ0n) is 11.0. The number of nitrogens with two attached hydrogens (primary N) is 1. The number of methoxy groups -OCH3 is 1. The highest BCUT2D eigenvalue weighted by molar-refractivity contribution is 5.68. The molecule has 0 bridgehead atoms. The second kappa shape index (κ2) is 5.23. The molecular weight excluding hydrogens is 228 g/mol. The molecule has 0 atom stereocenters. The van der Waals surface area contributed by atoms with Gasteiger partial charge in [0, 0.05) is 12.5 Å². The van der Waals surface area contributed by atoms with E-state index in [4.69, 9.17) is 15.0 Å². The van der Waals surface area contributed by atoms with E-state index in [2.05, 4.69) is 25.1 Å². The first-order chi connectivity index (χ1) is 8.65. The Hall–Kier alpha value is -1.81. The summed E-state index contributed by atoms with van der Waals surface area (Å²) in [5, 5.41) is 4.00. The van der Waals surface area contributed by atoms with Gasteiger partial charge in [0.05, 0.1) is 18.4 Å². The van der Waals surface area contributed by atoms with Crippen LogP contribution in [0.3, 0.4) is 0 Å². The number of rotatable bonds is 4. The van der Waals surface area contributed by atoms with Gasteiger partial charge in [-0.05, 0) is 43.7 Å². The van der Waals surface area contributed by atoms with E-state index in [0.717, 1.165) is 29.2 Å². The van der Waals surface area contributed by atoms with Crippen LogP contribution in [0, 0.1) is 13.8 Å². The monoisotopic (exact) mass is 246 g/mol. The van der Waals surface area contributed by atoms with Crippen molar-refractivity contribution in [2.24, 2.45) is 5.73 Å². The fraction of sp³-hybridized carbons (Fsp3) is 0.357. The van der Waals surface area contributed by atoms with Crippen LogP contribution in [0.4, 0.5) is 0 Å². The number of nitrogens with zero attached hydrogens (tertiary/aromatic N) is 1. The molecule has 0 fully saturated rings. The molecule has 18 heavy (non-hydrogen) atoms. The molecule has 0 aliphatic carbocycles. The first-order valence-electron chi connectivity index (χ1n) is 5.97. The second-order valence-electron chi connectivity index (χ2n) is 4.36. The zero-order valence-corrected chi connectivity index (χ0v) is 11.0. The van der Waals surface area contributed by atoms with Crippen LogP contribution in [0.2, 0.25) is 0 Å². The maximum atomic E-state index is 5.50. The first kappa shape index (κ1) is 12.6. The lowest BCUT2D eigenvalue weighted by Gasteiger charge is -2.09.